The summed E-state index contributed by atoms with van der Waals surface area (Å²) >= 11 is 1.57. The van der Waals surface area contributed by atoms with Crippen LogP contribution in [0.4, 0.5) is 5.69 Å². The fourth-order valence-electron chi connectivity index (χ4n) is 3.13. The number of aromatic nitrogens is 1. The van der Waals surface area contributed by atoms with Gasteiger partial charge in [0.25, 0.3) is 11.8 Å². The van der Waals surface area contributed by atoms with E-state index in [1.54, 1.807) is 59.6 Å². The lowest BCUT2D eigenvalue weighted by Gasteiger charge is -2.18. The van der Waals surface area contributed by atoms with Gasteiger partial charge in [0.15, 0.2) is 6.61 Å². The van der Waals surface area contributed by atoms with Crippen LogP contribution >= 0.6 is 11.3 Å². The number of carbonyl (C=O) groups is 3. The van der Waals surface area contributed by atoms with Crippen molar-refractivity contribution in [1.29, 1.82) is 0 Å². The van der Waals surface area contributed by atoms with Crippen LogP contribution in [0.5, 0.6) is 0 Å². The predicted molar refractivity (Wildman–Crippen MR) is 125 cm³/mol. The van der Waals surface area contributed by atoms with Crippen molar-refractivity contribution >= 4 is 34.8 Å². The Kier molecular flexibility index (Phi) is 7.72. The van der Waals surface area contributed by atoms with E-state index in [4.69, 9.17) is 4.74 Å². The molecule has 166 valence electrons. The van der Waals surface area contributed by atoms with Crippen molar-refractivity contribution in [3.63, 3.8) is 0 Å². The number of amides is 2. The number of ether oxygens (including phenoxy) is 1. The van der Waals surface area contributed by atoms with E-state index in [0.717, 1.165) is 10.6 Å². The number of thiophene rings is 1. The Labute approximate surface area is 191 Å². The minimum Gasteiger partial charge on any atom is -0.452 e. The molecule has 1 aromatic carbocycles. The summed E-state index contributed by atoms with van der Waals surface area (Å²) in [6, 6.07) is 13.9. The molecule has 0 aliphatic rings. The fourth-order valence-corrected chi connectivity index (χ4v) is 3.83. The number of hydrogen-bond acceptors (Lipinski definition) is 6. The lowest BCUT2D eigenvalue weighted by Crippen LogP contribution is -2.30. The average molecular weight is 452 g/mol. The summed E-state index contributed by atoms with van der Waals surface area (Å²) in [4.78, 5) is 44.1. The van der Waals surface area contributed by atoms with Crippen LogP contribution in [-0.2, 0) is 9.53 Å². The second kappa shape index (κ2) is 10.7. The number of esters is 1. The van der Waals surface area contributed by atoms with Crippen molar-refractivity contribution in [2.45, 2.75) is 20.8 Å². The van der Waals surface area contributed by atoms with Crippen LogP contribution in [0.2, 0.25) is 0 Å². The van der Waals surface area contributed by atoms with E-state index < -0.39 is 18.5 Å². The first kappa shape index (κ1) is 23.1. The summed E-state index contributed by atoms with van der Waals surface area (Å²) in [7, 11) is 0. The van der Waals surface area contributed by atoms with Gasteiger partial charge >= 0.3 is 5.97 Å². The molecule has 0 fully saturated rings. The van der Waals surface area contributed by atoms with E-state index >= 15 is 0 Å². The lowest BCUT2D eigenvalue weighted by molar-refractivity contribution is -0.119. The maximum absolute atomic E-state index is 12.4. The number of nitrogens with zero attached hydrogens (tertiary/aromatic N) is 2. The summed E-state index contributed by atoms with van der Waals surface area (Å²) < 4.78 is 5.15. The van der Waals surface area contributed by atoms with Crippen molar-refractivity contribution in [3.05, 3.63) is 70.7 Å². The maximum atomic E-state index is 12.4. The number of nitrogens with one attached hydrogen (secondary N) is 1. The van der Waals surface area contributed by atoms with Crippen LogP contribution in [0, 0.1) is 6.92 Å². The molecule has 0 saturated heterocycles. The highest BCUT2D eigenvalue weighted by Crippen LogP contribution is 2.24. The van der Waals surface area contributed by atoms with Gasteiger partial charge in [-0.05, 0) is 68.6 Å². The highest BCUT2D eigenvalue weighted by atomic mass is 32.1. The SMILES string of the molecule is CCN(CC)C(=O)c1ccc(NC(=O)COC(=O)c2ccc(-c3cccs3)nc2C)cc1. The van der Waals surface area contributed by atoms with E-state index in [-0.39, 0.29) is 5.91 Å². The highest BCUT2D eigenvalue weighted by molar-refractivity contribution is 7.13. The molecular weight excluding hydrogens is 426 g/mol. The van der Waals surface area contributed by atoms with Crippen LogP contribution in [0.25, 0.3) is 10.6 Å². The summed E-state index contributed by atoms with van der Waals surface area (Å²) in [6.07, 6.45) is 0. The monoisotopic (exact) mass is 451 g/mol. The van der Waals surface area contributed by atoms with Gasteiger partial charge in [0.05, 0.1) is 21.8 Å². The van der Waals surface area contributed by atoms with Crippen molar-refractivity contribution in [3.8, 4) is 10.6 Å². The molecule has 0 aliphatic heterocycles. The quantitative estimate of drug-likeness (QED) is 0.513. The molecule has 0 saturated carbocycles. The molecule has 7 nitrogen and oxygen atoms in total. The van der Waals surface area contributed by atoms with Gasteiger partial charge < -0.3 is 15.0 Å². The highest BCUT2D eigenvalue weighted by Gasteiger charge is 2.16. The third-order valence-electron chi connectivity index (χ3n) is 4.88. The summed E-state index contributed by atoms with van der Waals surface area (Å²) in [6.45, 7) is 6.41. The van der Waals surface area contributed by atoms with Gasteiger partial charge in [0, 0.05) is 24.3 Å². The molecule has 3 rings (SSSR count). The van der Waals surface area contributed by atoms with Crippen molar-refractivity contribution < 1.29 is 19.1 Å². The minimum absolute atomic E-state index is 0.0594. The smallest absolute Gasteiger partial charge is 0.340 e. The van der Waals surface area contributed by atoms with E-state index in [2.05, 4.69) is 10.3 Å². The van der Waals surface area contributed by atoms with Crippen LogP contribution in [-0.4, -0.2) is 47.4 Å². The molecule has 8 heteroatoms. The zero-order valence-electron chi connectivity index (χ0n) is 18.3. The zero-order chi connectivity index (χ0) is 23.1. The summed E-state index contributed by atoms with van der Waals surface area (Å²) in [5.74, 6) is -1.14. The molecule has 2 aromatic heterocycles. The lowest BCUT2D eigenvalue weighted by atomic mass is 10.1. The Morgan fingerprint density at radius 1 is 1.03 bits per heavy atom. The van der Waals surface area contributed by atoms with Gasteiger partial charge in [-0.15, -0.1) is 11.3 Å². The van der Waals surface area contributed by atoms with E-state index in [1.807, 2.05) is 31.4 Å². The van der Waals surface area contributed by atoms with Crippen molar-refractivity contribution in [2.75, 3.05) is 25.0 Å². The van der Waals surface area contributed by atoms with Crippen LogP contribution in [0.3, 0.4) is 0 Å². The molecule has 2 heterocycles. The van der Waals surface area contributed by atoms with E-state index in [0.29, 0.717) is 35.6 Å². The number of carbonyl (C=O) groups excluding carboxylic acids is 3. The number of pyridine rings is 1. The topological polar surface area (TPSA) is 88.6 Å². The molecule has 0 radical (unpaired) electrons. The Balaban J connectivity index is 1.54. The third-order valence-corrected chi connectivity index (χ3v) is 5.77. The van der Waals surface area contributed by atoms with Crippen LogP contribution in [0.15, 0.2) is 53.9 Å². The predicted octanol–water partition coefficient (Wildman–Crippen LogP) is 4.40. The third kappa shape index (κ3) is 5.59. The summed E-state index contributed by atoms with van der Waals surface area (Å²) in [5.41, 5.74) is 2.70. The Morgan fingerprint density at radius 2 is 1.75 bits per heavy atom. The molecule has 1 N–H and O–H groups in total. The number of anilines is 1. The molecule has 0 spiro atoms. The van der Waals surface area contributed by atoms with Gasteiger partial charge in [0.2, 0.25) is 0 Å². The van der Waals surface area contributed by atoms with Crippen molar-refractivity contribution in [1.82, 2.24) is 9.88 Å². The first-order valence-corrected chi connectivity index (χ1v) is 11.2. The number of aryl methyl sites for hydroxylation is 1. The summed E-state index contributed by atoms with van der Waals surface area (Å²) in [5, 5.41) is 4.62. The molecule has 0 aliphatic carbocycles. The molecule has 0 bridgehead atoms. The van der Waals surface area contributed by atoms with Crippen LogP contribution in [0.1, 0.15) is 40.3 Å². The first-order valence-electron chi connectivity index (χ1n) is 10.3. The van der Waals surface area contributed by atoms with Gasteiger partial charge in [-0.2, -0.15) is 0 Å². The number of benzene rings is 1. The van der Waals surface area contributed by atoms with Crippen LogP contribution < -0.4 is 5.32 Å². The molecule has 0 atom stereocenters. The second-order valence-electron chi connectivity index (χ2n) is 6.99. The Morgan fingerprint density at radius 3 is 2.34 bits per heavy atom. The molecule has 2 amide bonds. The van der Waals surface area contributed by atoms with E-state index in [1.165, 1.54) is 0 Å². The standard InChI is InChI=1S/C24H25N3O4S/c1-4-27(5-2)23(29)17-8-10-18(11-9-17)26-22(28)15-31-24(30)19-12-13-20(25-16(19)3)21-7-6-14-32-21/h6-14H,4-5,15H2,1-3H3,(H,26,28). The largest absolute Gasteiger partial charge is 0.452 e. The molecule has 3 aromatic rings. The first-order chi connectivity index (χ1) is 15.4. The fraction of sp³-hybridized carbons (Fsp3) is 0.250. The van der Waals surface area contributed by atoms with Gasteiger partial charge in [0.1, 0.15) is 0 Å². The minimum atomic E-state index is -0.608. The van der Waals surface area contributed by atoms with Gasteiger partial charge in [-0.25, -0.2) is 4.79 Å². The Hall–Kier alpha value is -3.52. The number of rotatable bonds is 8. The van der Waals surface area contributed by atoms with Gasteiger partial charge in [-0.1, -0.05) is 6.07 Å². The zero-order valence-corrected chi connectivity index (χ0v) is 19.1. The normalized spacial score (nSPS) is 10.5. The average Bonchev–Trinajstić information content (AvgIpc) is 3.34. The van der Waals surface area contributed by atoms with Crippen molar-refractivity contribution in [2.24, 2.45) is 0 Å². The second-order valence-corrected chi connectivity index (χ2v) is 7.93. The van der Waals surface area contributed by atoms with E-state index in [9.17, 15) is 14.4 Å². The molecular formula is C24H25N3O4S. The number of hydrogen-bond donors (Lipinski definition) is 1. The van der Waals surface area contributed by atoms with Gasteiger partial charge in [-0.3, -0.25) is 14.6 Å². The Bertz CT molecular complexity index is 1090. The molecule has 0 unspecified atom stereocenters. The molecule has 32 heavy (non-hydrogen) atoms. The maximum Gasteiger partial charge on any atom is 0.340 e.